The van der Waals surface area contributed by atoms with Crippen LogP contribution in [-0.4, -0.2) is 45.0 Å². The van der Waals surface area contributed by atoms with Crippen molar-refractivity contribution < 1.29 is 9.47 Å². The number of nitrogens with two attached hydrogens (primary N) is 1. The number of methoxy groups -OCH3 is 2. The van der Waals surface area contributed by atoms with Crippen LogP contribution in [0.4, 0.5) is 5.13 Å². The lowest BCUT2D eigenvalue weighted by Gasteiger charge is -2.28. The van der Waals surface area contributed by atoms with Crippen LogP contribution in [-0.2, 0) is 16.0 Å². The van der Waals surface area contributed by atoms with E-state index in [0.717, 1.165) is 22.2 Å². The Balaban J connectivity index is 2.85. The average molecular weight is 273 g/mol. The Bertz CT molecular complexity index is 357. The second kappa shape index (κ2) is 7.68. The highest BCUT2D eigenvalue weighted by atomic mass is 32.1. The number of anilines is 1. The lowest BCUT2D eigenvalue weighted by atomic mass is 10.3. The second-order valence-electron chi connectivity index (χ2n) is 4.20. The molecule has 1 rings (SSSR count). The first-order valence-electron chi connectivity index (χ1n) is 6.04. The van der Waals surface area contributed by atoms with Gasteiger partial charge in [0.2, 0.25) is 0 Å². The maximum Gasteiger partial charge on any atom is 0.186 e. The van der Waals surface area contributed by atoms with Crippen molar-refractivity contribution in [1.82, 2.24) is 4.98 Å². The van der Waals surface area contributed by atoms with Crippen molar-refractivity contribution in [2.75, 3.05) is 38.9 Å². The topological polar surface area (TPSA) is 60.6 Å². The summed E-state index contributed by atoms with van der Waals surface area (Å²) in [5.41, 5.74) is 6.72. The van der Waals surface area contributed by atoms with E-state index in [-0.39, 0.29) is 6.04 Å². The SMILES string of the molecule is COCCN(c1nc(C)c(CN)s1)C(C)COC. The standard InChI is InChI=1S/C12H23N3O2S/c1-9(8-17-4)15(5-6-16-3)12-14-10(2)11(7-13)18-12/h9H,5-8,13H2,1-4H3. The zero-order valence-corrected chi connectivity index (χ0v) is 12.4. The number of ether oxygens (including phenoxy) is 2. The minimum atomic E-state index is 0.265. The summed E-state index contributed by atoms with van der Waals surface area (Å²) in [4.78, 5) is 7.94. The van der Waals surface area contributed by atoms with Gasteiger partial charge in [-0.3, -0.25) is 0 Å². The Morgan fingerprint density at radius 1 is 1.39 bits per heavy atom. The summed E-state index contributed by atoms with van der Waals surface area (Å²) >= 11 is 1.65. The van der Waals surface area contributed by atoms with Gasteiger partial charge in [-0.25, -0.2) is 4.98 Å². The Labute approximate surface area is 113 Å². The Morgan fingerprint density at radius 2 is 2.11 bits per heavy atom. The number of aryl methyl sites for hydroxylation is 1. The van der Waals surface area contributed by atoms with Gasteiger partial charge in [0.1, 0.15) is 0 Å². The van der Waals surface area contributed by atoms with E-state index < -0.39 is 0 Å². The van der Waals surface area contributed by atoms with Gasteiger partial charge in [0, 0.05) is 32.2 Å². The zero-order chi connectivity index (χ0) is 13.5. The van der Waals surface area contributed by atoms with Crippen LogP contribution in [0.3, 0.4) is 0 Å². The lowest BCUT2D eigenvalue weighted by Crippen LogP contribution is -2.38. The molecule has 0 fully saturated rings. The summed E-state index contributed by atoms with van der Waals surface area (Å²) < 4.78 is 10.4. The highest BCUT2D eigenvalue weighted by Crippen LogP contribution is 2.27. The molecule has 1 aromatic heterocycles. The summed E-state index contributed by atoms with van der Waals surface area (Å²) in [6, 6.07) is 0.265. The monoisotopic (exact) mass is 273 g/mol. The van der Waals surface area contributed by atoms with Gasteiger partial charge in [0.25, 0.3) is 0 Å². The fourth-order valence-corrected chi connectivity index (χ4v) is 2.82. The maximum atomic E-state index is 5.70. The molecule has 1 heterocycles. The van der Waals surface area contributed by atoms with Crippen molar-refractivity contribution in [3.63, 3.8) is 0 Å². The van der Waals surface area contributed by atoms with Gasteiger partial charge in [-0.1, -0.05) is 0 Å². The van der Waals surface area contributed by atoms with E-state index in [1.54, 1.807) is 25.6 Å². The molecular formula is C12H23N3O2S. The molecule has 0 saturated heterocycles. The van der Waals surface area contributed by atoms with Crippen molar-refractivity contribution in [2.24, 2.45) is 5.73 Å². The van der Waals surface area contributed by atoms with Crippen molar-refractivity contribution >= 4 is 16.5 Å². The minimum absolute atomic E-state index is 0.265. The highest BCUT2D eigenvalue weighted by molar-refractivity contribution is 7.15. The number of hydrogen-bond donors (Lipinski definition) is 1. The molecule has 0 radical (unpaired) electrons. The van der Waals surface area contributed by atoms with Crippen molar-refractivity contribution in [1.29, 1.82) is 0 Å². The van der Waals surface area contributed by atoms with E-state index in [0.29, 0.717) is 19.8 Å². The molecule has 5 nitrogen and oxygen atoms in total. The van der Waals surface area contributed by atoms with Crippen molar-refractivity contribution in [3.05, 3.63) is 10.6 Å². The van der Waals surface area contributed by atoms with E-state index in [1.807, 2.05) is 6.92 Å². The normalized spacial score (nSPS) is 12.7. The maximum absolute atomic E-state index is 5.70. The van der Waals surface area contributed by atoms with Gasteiger partial charge in [0.15, 0.2) is 5.13 Å². The number of hydrogen-bond acceptors (Lipinski definition) is 6. The van der Waals surface area contributed by atoms with Crippen LogP contribution in [0.2, 0.25) is 0 Å². The van der Waals surface area contributed by atoms with E-state index in [4.69, 9.17) is 15.2 Å². The molecule has 0 aromatic carbocycles. The first-order valence-corrected chi connectivity index (χ1v) is 6.86. The second-order valence-corrected chi connectivity index (χ2v) is 5.26. The molecule has 0 aliphatic heterocycles. The van der Waals surface area contributed by atoms with Gasteiger partial charge >= 0.3 is 0 Å². The molecule has 1 atom stereocenters. The molecule has 0 aliphatic carbocycles. The molecule has 18 heavy (non-hydrogen) atoms. The number of thiazole rings is 1. The summed E-state index contributed by atoms with van der Waals surface area (Å²) in [7, 11) is 3.42. The first kappa shape index (κ1) is 15.4. The van der Waals surface area contributed by atoms with E-state index in [1.165, 1.54) is 0 Å². The Kier molecular flexibility index (Phi) is 6.56. The van der Waals surface area contributed by atoms with Crippen LogP contribution in [0, 0.1) is 6.92 Å². The Hall–Kier alpha value is -0.690. The Morgan fingerprint density at radius 3 is 2.61 bits per heavy atom. The quantitative estimate of drug-likeness (QED) is 0.776. The highest BCUT2D eigenvalue weighted by Gasteiger charge is 2.18. The average Bonchev–Trinajstić information content (AvgIpc) is 2.71. The third-order valence-electron chi connectivity index (χ3n) is 2.79. The number of rotatable bonds is 8. The third-order valence-corrected chi connectivity index (χ3v) is 4.01. The molecule has 2 N–H and O–H groups in total. The molecule has 0 amide bonds. The number of nitrogens with zero attached hydrogens (tertiary/aromatic N) is 2. The molecule has 1 aromatic rings. The van der Waals surface area contributed by atoms with Crippen LogP contribution < -0.4 is 10.6 Å². The molecule has 0 bridgehead atoms. The van der Waals surface area contributed by atoms with Gasteiger partial charge in [-0.05, 0) is 13.8 Å². The van der Waals surface area contributed by atoms with Crippen LogP contribution in [0.5, 0.6) is 0 Å². The predicted molar refractivity (Wildman–Crippen MR) is 75.3 cm³/mol. The molecule has 6 heteroatoms. The van der Waals surface area contributed by atoms with Crippen molar-refractivity contribution in [2.45, 2.75) is 26.4 Å². The van der Waals surface area contributed by atoms with Gasteiger partial charge in [-0.2, -0.15) is 0 Å². The lowest BCUT2D eigenvalue weighted by molar-refractivity contribution is 0.171. The van der Waals surface area contributed by atoms with E-state index in [2.05, 4.69) is 16.8 Å². The van der Waals surface area contributed by atoms with Crippen LogP contribution in [0.1, 0.15) is 17.5 Å². The fraction of sp³-hybridized carbons (Fsp3) is 0.750. The molecule has 104 valence electrons. The number of aromatic nitrogens is 1. The van der Waals surface area contributed by atoms with E-state index >= 15 is 0 Å². The largest absolute Gasteiger partial charge is 0.383 e. The zero-order valence-electron chi connectivity index (χ0n) is 11.6. The summed E-state index contributed by atoms with van der Waals surface area (Å²) in [5.74, 6) is 0. The summed E-state index contributed by atoms with van der Waals surface area (Å²) in [6.07, 6.45) is 0. The smallest absolute Gasteiger partial charge is 0.186 e. The minimum Gasteiger partial charge on any atom is -0.383 e. The third kappa shape index (κ3) is 3.91. The van der Waals surface area contributed by atoms with Gasteiger partial charge in [-0.15, -0.1) is 11.3 Å². The van der Waals surface area contributed by atoms with Crippen LogP contribution >= 0.6 is 11.3 Å². The van der Waals surface area contributed by atoms with Gasteiger partial charge < -0.3 is 20.1 Å². The van der Waals surface area contributed by atoms with E-state index in [9.17, 15) is 0 Å². The van der Waals surface area contributed by atoms with Crippen molar-refractivity contribution in [3.8, 4) is 0 Å². The fourth-order valence-electron chi connectivity index (χ4n) is 1.75. The van der Waals surface area contributed by atoms with Crippen LogP contribution in [0.15, 0.2) is 0 Å². The summed E-state index contributed by atoms with van der Waals surface area (Å²) in [6.45, 7) is 6.80. The van der Waals surface area contributed by atoms with Gasteiger partial charge in [0.05, 0.1) is 24.9 Å². The summed E-state index contributed by atoms with van der Waals surface area (Å²) in [5, 5.41) is 0.995. The predicted octanol–water partition coefficient (Wildman–Crippen LogP) is 1.40. The molecule has 0 aliphatic rings. The molecular weight excluding hydrogens is 250 g/mol. The molecule has 0 saturated carbocycles. The van der Waals surface area contributed by atoms with Crippen LogP contribution in [0.25, 0.3) is 0 Å². The molecule has 0 spiro atoms. The molecule has 1 unspecified atom stereocenters. The first-order chi connectivity index (χ1) is 8.63.